The van der Waals surface area contributed by atoms with Gasteiger partial charge in [-0.25, -0.2) is 9.37 Å². The highest BCUT2D eigenvalue weighted by Crippen LogP contribution is 2.31. The van der Waals surface area contributed by atoms with Crippen molar-refractivity contribution < 1.29 is 14.3 Å². The number of thioether (sulfide) groups is 2. The smallest absolute Gasteiger partial charge is 0.313 e. The molecular weight excluding hydrogens is 311 g/mol. The highest BCUT2D eigenvalue weighted by Gasteiger charge is 2.19. The van der Waals surface area contributed by atoms with Gasteiger partial charge in [-0.2, -0.15) is 11.8 Å². The summed E-state index contributed by atoms with van der Waals surface area (Å²) in [7, 11) is 0. The monoisotopic (exact) mass is 328 g/mol. The van der Waals surface area contributed by atoms with Gasteiger partial charge in [0.15, 0.2) is 5.16 Å². The molecule has 0 saturated heterocycles. The molecule has 2 aromatic rings. The van der Waals surface area contributed by atoms with Gasteiger partial charge in [0.1, 0.15) is 5.82 Å². The molecule has 114 valence electrons. The Morgan fingerprint density at radius 1 is 1.52 bits per heavy atom. The van der Waals surface area contributed by atoms with Crippen molar-refractivity contribution >= 4 is 40.5 Å². The number of halogens is 1. The van der Waals surface area contributed by atoms with E-state index in [0.717, 1.165) is 17.7 Å². The normalized spacial score (nSPS) is 12.7. The fourth-order valence-corrected chi connectivity index (χ4v) is 3.76. The first-order chi connectivity index (χ1) is 10.1. The predicted molar refractivity (Wildman–Crippen MR) is 85.8 cm³/mol. The van der Waals surface area contributed by atoms with E-state index in [4.69, 9.17) is 5.11 Å². The number of rotatable bonds is 7. The zero-order valence-electron chi connectivity index (χ0n) is 11.9. The number of aromatic nitrogens is 2. The Bertz CT molecular complexity index is 645. The lowest BCUT2D eigenvalue weighted by atomic mass is 10.2. The lowest BCUT2D eigenvalue weighted by Gasteiger charge is -2.19. The number of aliphatic carboxylic acids is 1. The number of imidazole rings is 1. The van der Waals surface area contributed by atoms with Gasteiger partial charge in [0.05, 0.1) is 16.8 Å². The van der Waals surface area contributed by atoms with Crippen LogP contribution in [0.2, 0.25) is 0 Å². The topological polar surface area (TPSA) is 55.1 Å². The summed E-state index contributed by atoms with van der Waals surface area (Å²) in [6, 6.07) is 4.65. The van der Waals surface area contributed by atoms with E-state index in [0.29, 0.717) is 10.7 Å². The highest BCUT2D eigenvalue weighted by atomic mass is 32.2. The summed E-state index contributed by atoms with van der Waals surface area (Å²) >= 11 is 2.89. The Morgan fingerprint density at radius 3 is 2.90 bits per heavy atom. The summed E-state index contributed by atoms with van der Waals surface area (Å²) in [6.07, 6.45) is 2.90. The van der Waals surface area contributed by atoms with E-state index in [9.17, 15) is 9.18 Å². The molecule has 0 aliphatic rings. The maximum atomic E-state index is 13.5. The van der Waals surface area contributed by atoms with Crippen molar-refractivity contribution in [3.8, 4) is 0 Å². The first-order valence-electron chi connectivity index (χ1n) is 6.57. The average molecular weight is 328 g/mol. The first-order valence-corrected chi connectivity index (χ1v) is 8.95. The third-order valence-electron chi connectivity index (χ3n) is 3.14. The van der Waals surface area contributed by atoms with Gasteiger partial charge in [0.2, 0.25) is 0 Å². The summed E-state index contributed by atoms with van der Waals surface area (Å²) in [5, 5.41) is 9.50. The number of carbonyl (C=O) groups is 1. The van der Waals surface area contributed by atoms with E-state index in [-0.39, 0.29) is 17.6 Å². The van der Waals surface area contributed by atoms with Gasteiger partial charge in [0.25, 0.3) is 0 Å². The molecule has 4 nitrogen and oxygen atoms in total. The van der Waals surface area contributed by atoms with Crippen molar-refractivity contribution in [1.29, 1.82) is 0 Å². The Labute approximate surface area is 131 Å². The van der Waals surface area contributed by atoms with Gasteiger partial charge >= 0.3 is 5.97 Å². The third-order valence-corrected chi connectivity index (χ3v) is 4.79. The quantitative estimate of drug-likeness (QED) is 0.786. The number of fused-ring (bicyclic) bond motifs is 1. The van der Waals surface area contributed by atoms with Gasteiger partial charge < -0.3 is 9.67 Å². The SMILES string of the molecule is CCC(CSC)n1c(SCC(=O)O)nc2ccc(F)cc21. The molecule has 1 aromatic heterocycles. The Balaban J connectivity index is 2.51. The highest BCUT2D eigenvalue weighted by molar-refractivity contribution is 7.99. The summed E-state index contributed by atoms with van der Waals surface area (Å²) in [4.78, 5) is 15.3. The van der Waals surface area contributed by atoms with E-state index in [1.165, 1.54) is 23.9 Å². The van der Waals surface area contributed by atoms with Gasteiger partial charge in [-0.1, -0.05) is 18.7 Å². The minimum atomic E-state index is -0.886. The number of carboxylic acids is 1. The molecule has 1 heterocycles. The van der Waals surface area contributed by atoms with Crippen LogP contribution in [0.4, 0.5) is 4.39 Å². The minimum absolute atomic E-state index is 0.0541. The van der Waals surface area contributed by atoms with Crippen LogP contribution >= 0.6 is 23.5 Å². The molecule has 1 atom stereocenters. The van der Waals surface area contributed by atoms with Crippen molar-refractivity contribution in [3.05, 3.63) is 24.0 Å². The molecule has 0 bridgehead atoms. The van der Waals surface area contributed by atoms with Gasteiger partial charge in [-0.15, -0.1) is 0 Å². The van der Waals surface area contributed by atoms with Crippen molar-refractivity contribution in [3.63, 3.8) is 0 Å². The summed E-state index contributed by atoms with van der Waals surface area (Å²) in [5.41, 5.74) is 1.42. The predicted octanol–water partition coefficient (Wildman–Crippen LogP) is 3.67. The van der Waals surface area contributed by atoms with Crippen LogP contribution in [0.25, 0.3) is 11.0 Å². The summed E-state index contributed by atoms with van der Waals surface area (Å²) in [5.74, 6) is -0.374. The second kappa shape index (κ2) is 7.17. The average Bonchev–Trinajstić information content (AvgIpc) is 2.80. The largest absolute Gasteiger partial charge is 0.481 e. The second-order valence-corrected chi connectivity index (χ2v) is 6.45. The lowest BCUT2D eigenvalue weighted by molar-refractivity contribution is -0.133. The van der Waals surface area contributed by atoms with E-state index >= 15 is 0 Å². The molecule has 0 fully saturated rings. The first kappa shape index (κ1) is 16.2. The third kappa shape index (κ3) is 3.71. The number of hydrogen-bond donors (Lipinski definition) is 1. The zero-order chi connectivity index (χ0) is 15.4. The fraction of sp³-hybridized carbons (Fsp3) is 0.429. The van der Waals surface area contributed by atoms with Crippen molar-refractivity contribution in [2.45, 2.75) is 24.5 Å². The van der Waals surface area contributed by atoms with Crippen LogP contribution in [0.15, 0.2) is 23.4 Å². The Kier molecular flexibility index (Phi) is 5.52. The van der Waals surface area contributed by atoms with E-state index in [1.54, 1.807) is 17.8 Å². The molecule has 1 N–H and O–H groups in total. The molecule has 0 amide bonds. The van der Waals surface area contributed by atoms with E-state index in [2.05, 4.69) is 11.9 Å². The molecule has 0 spiro atoms. The van der Waals surface area contributed by atoms with Crippen LogP contribution in [0.1, 0.15) is 19.4 Å². The number of hydrogen-bond acceptors (Lipinski definition) is 4. The fourth-order valence-electron chi connectivity index (χ4n) is 2.19. The standard InChI is InChI=1S/C14H17FN2O2S2/c1-3-10(7-20-2)17-12-6-9(15)4-5-11(12)16-14(17)21-8-13(18)19/h4-6,10H,3,7-8H2,1-2H3,(H,18,19). The molecule has 7 heteroatoms. The van der Waals surface area contributed by atoms with E-state index in [1.807, 2.05) is 10.8 Å². The van der Waals surface area contributed by atoms with Crippen LogP contribution in [0, 0.1) is 5.82 Å². The zero-order valence-corrected chi connectivity index (χ0v) is 13.5. The second-order valence-electron chi connectivity index (χ2n) is 4.60. The van der Waals surface area contributed by atoms with Crippen molar-refractivity contribution in [2.24, 2.45) is 0 Å². The van der Waals surface area contributed by atoms with Crippen LogP contribution in [0.5, 0.6) is 0 Å². The molecule has 0 aliphatic carbocycles. The lowest BCUT2D eigenvalue weighted by Crippen LogP contribution is -2.12. The maximum absolute atomic E-state index is 13.5. The molecule has 0 aliphatic heterocycles. The Hall–Kier alpha value is -1.21. The van der Waals surface area contributed by atoms with Crippen LogP contribution in [0.3, 0.4) is 0 Å². The molecule has 0 radical (unpaired) electrons. The van der Waals surface area contributed by atoms with Gasteiger partial charge in [-0.05, 0) is 30.9 Å². The molecular formula is C14H17FN2O2S2. The van der Waals surface area contributed by atoms with Gasteiger partial charge in [-0.3, -0.25) is 4.79 Å². The number of carboxylic acid groups (broad SMARTS) is 1. The molecule has 2 rings (SSSR count). The molecule has 0 saturated carbocycles. The number of nitrogens with zero attached hydrogens (tertiary/aromatic N) is 2. The Morgan fingerprint density at radius 2 is 2.29 bits per heavy atom. The maximum Gasteiger partial charge on any atom is 0.313 e. The van der Waals surface area contributed by atoms with Gasteiger partial charge in [0, 0.05) is 11.8 Å². The molecule has 1 unspecified atom stereocenters. The molecule has 1 aromatic carbocycles. The van der Waals surface area contributed by atoms with E-state index < -0.39 is 5.97 Å². The molecule has 21 heavy (non-hydrogen) atoms. The van der Waals surface area contributed by atoms with Crippen LogP contribution < -0.4 is 0 Å². The summed E-state index contributed by atoms with van der Waals surface area (Å²) < 4.78 is 15.5. The van der Waals surface area contributed by atoms with Crippen molar-refractivity contribution in [1.82, 2.24) is 9.55 Å². The van der Waals surface area contributed by atoms with Crippen molar-refractivity contribution in [2.75, 3.05) is 17.8 Å². The number of benzene rings is 1. The minimum Gasteiger partial charge on any atom is -0.481 e. The van der Waals surface area contributed by atoms with Crippen LogP contribution in [-0.2, 0) is 4.79 Å². The summed E-state index contributed by atoms with van der Waals surface area (Å²) in [6.45, 7) is 2.07. The van der Waals surface area contributed by atoms with Crippen LogP contribution in [-0.4, -0.2) is 38.4 Å².